The van der Waals surface area contributed by atoms with Gasteiger partial charge in [0.2, 0.25) is 0 Å². The number of pyridine rings is 1. The van der Waals surface area contributed by atoms with Crippen LogP contribution in [-0.2, 0) is 27.4 Å². The first-order valence-corrected chi connectivity index (χ1v) is 13.1. The van der Waals surface area contributed by atoms with E-state index in [0.717, 1.165) is 40.5 Å². The molecule has 33 heavy (non-hydrogen) atoms. The number of nitrogens with two attached hydrogens (primary N) is 1. The SMILES string of the molecule is CCc1cc(N(CC)CC)c(C)c(CC)c1N(N)C(=O)OCCS(=O)(=O)c1ccc(Cl)cn1. The van der Waals surface area contributed by atoms with E-state index in [4.69, 9.17) is 22.2 Å². The fraction of sp³-hybridized carbons (Fsp3) is 0.478. The third kappa shape index (κ3) is 6.16. The molecule has 10 heteroatoms. The maximum atomic E-state index is 12.7. The van der Waals surface area contributed by atoms with E-state index in [2.05, 4.69) is 29.8 Å². The minimum Gasteiger partial charge on any atom is -0.447 e. The van der Waals surface area contributed by atoms with Crippen LogP contribution in [-0.4, -0.2) is 44.9 Å². The van der Waals surface area contributed by atoms with Crippen LogP contribution in [0.5, 0.6) is 0 Å². The van der Waals surface area contributed by atoms with E-state index in [-0.39, 0.29) is 11.6 Å². The highest BCUT2D eigenvalue weighted by molar-refractivity contribution is 7.91. The molecule has 0 saturated carbocycles. The van der Waals surface area contributed by atoms with Crippen molar-refractivity contribution in [2.75, 3.05) is 35.4 Å². The first-order chi connectivity index (χ1) is 15.6. The monoisotopic (exact) mass is 496 g/mol. The molecule has 0 bridgehead atoms. The molecule has 0 unspecified atom stereocenters. The van der Waals surface area contributed by atoms with Gasteiger partial charge in [-0.15, -0.1) is 0 Å². The lowest BCUT2D eigenvalue weighted by molar-refractivity contribution is 0.160. The number of benzene rings is 1. The Balaban J connectivity index is 2.23. The van der Waals surface area contributed by atoms with Gasteiger partial charge in [0, 0.05) is 25.0 Å². The quantitative estimate of drug-likeness (QED) is 0.297. The van der Waals surface area contributed by atoms with Crippen LogP contribution in [0.15, 0.2) is 29.4 Å². The summed E-state index contributed by atoms with van der Waals surface area (Å²) in [5.74, 6) is 5.78. The predicted octanol–water partition coefficient (Wildman–Crippen LogP) is 4.31. The van der Waals surface area contributed by atoms with Crippen molar-refractivity contribution in [3.63, 3.8) is 0 Å². The van der Waals surface area contributed by atoms with Crippen molar-refractivity contribution >= 4 is 38.9 Å². The van der Waals surface area contributed by atoms with Gasteiger partial charge < -0.3 is 9.64 Å². The molecular weight excluding hydrogens is 464 g/mol. The summed E-state index contributed by atoms with van der Waals surface area (Å²) in [5, 5.41) is 1.20. The van der Waals surface area contributed by atoms with Gasteiger partial charge in [0.15, 0.2) is 14.9 Å². The summed E-state index contributed by atoms with van der Waals surface area (Å²) in [6.07, 6.45) is 1.80. The van der Waals surface area contributed by atoms with Gasteiger partial charge in [0.1, 0.15) is 6.61 Å². The standard InChI is InChI=1S/C23H33ClN4O4S/c1-6-17-14-20(27(8-3)9-4)16(5)19(7-2)22(17)28(25)23(29)32-12-13-33(30,31)21-11-10-18(24)15-26-21/h10-11,14-15H,6-9,12-13,25H2,1-5H3. The van der Waals surface area contributed by atoms with Crippen LogP contribution < -0.4 is 15.8 Å². The Morgan fingerprint density at radius 3 is 2.33 bits per heavy atom. The van der Waals surface area contributed by atoms with Gasteiger partial charge in [-0.25, -0.2) is 29.0 Å². The number of aromatic nitrogens is 1. The van der Waals surface area contributed by atoms with E-state index in [1.54, 1.807) is 0 Å². The number of amides is 1. The Kier molecular flexibility index (Phi) is 9.51. The fourth-order valence-electron chi connectivity index (χ4n) is 3.81. The first-order valence-electron chi connectivity index (χ1n) is 11.1. The summed E-state index contributed by atoms with van der Waals surface area (Å²) in [5.41, 5.74) is 4.69. The van der Waals surface area contributed by atoms with Crippen LogP contribution in [0.1, 0.15) is 44.4 Å². The zero-order valence-corrected chi connectivity index (χ0v) is 21.5. The highest BCUT2D eigenvalue weighted by Gasteiger charge is 2.25. The molecule has 0 aliphatic rings. The van der Waals surface area contributed by atoms with Gasteiger partial charge in [0.25, 0.3) is 0 Å². The van der Waals surface area contributed by atoms with Gasteiger partial charge in [-0.2, -0.15) is 0 Å². The number of halogens is 1. The van der Waals surface area contributed by atoms with Crippen LogP contribution in [0.3, 0.4) is 0 Å². The van der Waals surface area contributed by atoms with Crippen molar-refractivity contribution in [2.45, 2.75) is 52.5 Å². The minimum absolute atomic E-state index is 0.128. The number of sulfone groups is 1. The largest absolute Gasteiger partial charge is 0.447 e. The molecule has 182 valence electrons. The van der Waals surface area contributed by atoms with Crippen LogP contribution >= 0.6 is 11.6 Å². The van der Waals surface area contributed by atoms with E-state index in [0.29, 0.717) is 23.6 Å². The van der Waals surface area contributed by atoms with Crippen LogP contribution in [0.4, 0.5) is 16.2 Å². The lowest BCUT2D eigenvalue weighted by Gasteiger charge is -2.29. The van der Waals surface area contributed by atoms with Crippen molar-refractivity contribution in [1.29, 1.82) is 0 Å². The lowest BCUT2D eigenvalue weighted by Crippen LogP contribution is -2.40. The molecule has 0 saturated heterocycles. The van der Waals surface area contributed by atoms with Gasteiger partial charge in [-0.1, -0.05) is 25.4 Å². The summed E-state index contributed by atoms with van der Waals surface area (Å²) >= 11 is 5.76. The molecule has 1 amide bonds. The predicted molar refractivity (Wildman–Crippen MR) is 133 cm³/mol. The number of anilines is 2. The Labute approximate surface area is 201 Å². The topological polar surface area (TPSA) is 106 Å². The van der Waals surface area contributed by atoms with Crippen LogP contribution in [0.2, 0.25) is 5.02 Å². The van der Waals surface area contributed by atoms with E-state index in [9.17, 15) is 13.2 Å². The zero-order chi connectivity index (χ0) is 24.8. The number of hydrogen-bond acceptors (Lipinski definition) is 7. The van der Waals surface area contributed by atoms with Gasteiger partial charge in [0.05, 0.1) is 16.5 Å². The van der Waals surface area contributed by atoms with Crippen molar-refractivity contribution in [3.05, 3.63) is 46.1 Å². The fourth-order valence-corrected chi connectivity index (χ4v) is 4.93. The van der Waals surface area contributed by atoms with Crippen molar-refractivity contribution in [1.82, 2.24) is 4.98 Å². The minimum atomic E-state index is -3.73. The number of nitrogens with zero attached hydrogens (tertiary/aromatic N) is 3. The second-order valence-corrected chi connectivity index (χ2v) is 10.00. The molecule has 2 rings (SSSR count). The normalized spacial score (nSPS) is 11.4. The van der Waals surface area contributed by atoms with Gasteiger partial charge in [-0.05, 0) is 68.5 Å². The Hall–Kier alpha value is -2.36. The summed E-state index contributed by atoms with van der Waals surface area (Å²) in [7, 11) is -3.73. The molecule has 2 aromatic rings. The van der Waals surface area contributed by atoms with Crippen molar-refractivity contribution in [2.24, 2.45) is 5.84 Å². The third-order valence-electron chi connectivity index (χ3n) is 5.61. The third-order valence-corrected chi connectivity index (χ3v) is 7.42. The zero-order valence-electron chi connectivity index (χ0n) is 19.9. The maximum absolute atomic E-state index is 12.7. The van der Waals surface area contributed by atoms with Crippen molar-refractivity contribution in [3.8, 4) is 0 Å². The van der Waals surface area contributed by atoms with Crippen LogP contribution in [0.25, 0.3) is 0 Å². The van der Waals surface area contributed by atoms with Gasteiger partial charge >= 0.3 is 6.09 Å². The van der Waals surface area contributed by atoms with Gasteiger partial charge in [-0.3, -0.25) is 0 Å². The van der Waals surface area contributed by atoms with E-state index >= 15 is 0 Å². The summed E-state index contributed by atoms with van der Waals surface area (Å²) < 4.78 is 30.1. The molecule has 1 aromatic carbocycles. The Bertz CT molecular complexity index is 1070. The molecule has 0 aliphatic carbocycles. The van der Waals surface area contributed by atoms with Crippen molar-refractivity contribution < 1.29 is 17.9 Å². The molecule has 0 atom stereocenters. The summed E-state index contributed by atoms with van der Waals surface area (Å²) in [4.78, 5) is 18.8. The first kappa shape index (κ1) is 26.9. The smallest absolute Gasteiger partial charge is 0.428 e. The Morgan fingerprint density at radius 1 is 1.15 bits per heavy atom. The lowest BCUT2D eigenvalue weighted by atomic mass is 9.95. The number of hydrazine groups is 1. The molecule has 1 heterocycles. The second-order valence-electron chi connectivity index (χ2n) is 7.50. The molecule has 1 aromatic heterocycles. The highest BCUT2D eigenvalue weighted by Crippen LogP contribution is 2.35. The molecule has 8 nitrogen and oxygen atoms in total. The number of aryl methyl sites for hydroxylation is 1. The maximum Gasteiger partial charge on any atom is 0.428 e. The van der Waals surface area contributed by atoms with E-state index in [1.165, 1.54) is 18.3 Å². The molecule has 0 aliphatic heterocycles. The number of rotatable bonds is 10. The highest BCUT2D eigenvalue weighted by atomic mass is 35.5. The molecule has 0 spiro atoms. The molecule has 2 N–H and O–H groups in total. The molecule has 0 radical (unpaired) electrons. The summed E-state index contributed by atoms with van der Waals surface area (Å²) in [6, 6.07) is 4.83. The van der Waals surface area contributed by atoms with E-state index in [1.807, 2.05) is 20.8 Å². The summed E-state index contributed by atoms with van der Waals surface area (Å²) in [6.45, 7) is 11.6. The number of carbonyl (C=O) groups is 1. The molecule has 0 fully saturated rings. The number of carbonyl (C=O) groups excluding carboxylic acids is 1. The average Bonchev–Trinajstić information content (AvgIpc) is 2.80. The van der Waals surface area contributed by atoms with Crippen LogP contribution in [0, 0.1) is 6.92 Å². The number of ether oxygens (including phenoxy) is 1. The molecular formula is C23H33ClN4O4S. The average molecular weight is 497 g/mol. The second kappa shape index (κ2) is 11.7. The van der Waals surface area contributed by atoms with E-state index < -0.39 is 21.7 Å². The Morgan fingerprint density at radius 2 is 1.82 bits per heavy atom. The number of hydrogen-bond donors (Lipinski definition) is 1.